The quantitative estimate of drug-likeness (QED) is 0.436. The average Bonchev–Trinajstić information content (AvgIpc) is 3.23. The van der Waals surface area contributed by atoms with Crippen LogP contribution in [0.4, 0.5) is 0 Å². The van der Waals surface area contributed by atoms with Crippen molar-refractivity contribution in [3.8, 4) is 17.0 Å². The molecule has 236 valence electrons. The number of carbonyl (C=O) groups excluding carboxylic acids is 2. The van der Waals surface area contributed by atoms with E-state index in [9.17, 15) is 13.8 Å². The molecule has 6 rings (SSSR count). The Balaban J connectivity index is 1.58. The Morgan fingerprint density at radius 3 is 2.43 bits per heavy atom. The summed E-state index contributed by atoms with van der Waals surface area (Å²) in [6, 6.07) is 12.1. The monoisotopic (exact) mass is 619 g/mol. The number of nitrogens with zero attached hydrogens (tertiary/aromatic N) is 4. The fraction of sp³-hybridized carbons (Fsp3) is 0.500. The molecule has 1 N–H and O–H groups in total. The van der Waals surface area contributed by atoms with Gasteiger partial charge in [0.05, 0.1) is 18.7 Å². The van der Waals surface area contributed by atoms with E-state index in [1.165, 1.54) is 24.8 Å². The van der Waals surface area contributed by atoms with Gasteiger partial charge < -0.3 is 19.1 Å². The standard InChI is InChI=1S/C34H45N5O4S/c1-36-15-17-37(2)34(41)26-19-25-20-27(43-4)12-14-28(25)32-31(23-9-7-6-8-10-23)29-13-11-24(21-30(29)39(32)22-26)33(40)35-44(5,42)38(3)18-16-36/h11-14,20-21,23,26H,5-10,15-19,22H2,1-4H3,(H,35,40,42). The van der Waals surface area contributed by atoms with Crippen LogP contribution in [-0.2, 0) is 27.7 Å². The molecule has 3 aliphatic rings. The van der Waals surface area contributed by atoms with Crippen LogP contribution in [0, 0.1) is 5.92 Å². The summed E-state index contributed by atoms with van der Waals surface area (Å²) >= 11 is 0. The first-order valence-electron chi connectivity index (χ1n) is 15.7. The number of methoxy groups -OCH3 is 1. The fourth-order valence-electron chi connectivity index (χ4n) is 7.21. The summed E-state index contributed by atoms with van der Waals surface area (Å²) in [6.07, 6.45) is 6.48. The summed E-state index contributed by atoms with van der Waals surface area (Å²) in [7, 11) is 4.22. The summed E-state index contributed by atoms with van der Waals surface area (Å²) in [5, 5.41) is 1.12. The van der Waals surface area contributed by atoms with Crippen LogP contribution in [0.2, 0.25) is 0 Å². The maximum atomic E-state index is 14.2. The van der Waals surface area contributed by atoms with Crippen LogP contribution in [-0.4, -0.2) is 95.0 Å². The first-order valence-corrected chi connectivity index (χ1v) is 17.4. The molecule has 2 aliphatic heterocycles. The number of hydrogen-bond acceptors (Lipinski definition) is 5. The van der Waals surface area contributed by atoms with Gasteiger partial charge in [-0.05, 0) is 79.6 Å². The molecule has 1 aliphatic carbocycles. The molecule has 0 spiro atoms. The zero-order valence-corrected chi connectivity index (χ0v) is 27.3. The smallest absolute Gasteiger partial charge is 0.263 e. The fourth-order valence-corrected chi connectivity index (χ4v) is 8.15. The van der Waals surface area contributed by atoms with Crippen molar-refractivity contribution in [2.75, 3.05) is 54.4 Å². The summed E-state index contributed by atoms with van der Waals surface area (Å²) in [5.41, 5.74) is 6.07. The molecule has 1 aromatic heterocycles. The summed E-state index contributed by atoms with van der Waals surface area (Å²) in [6.45, 7) is 2.82. The van der Waals surface area contributed by atoms with Crippen molar-refractivity contribution in [3.63, 3.8) is 0 Å². The van der Waals surface area contributed by atoms with Gasteiger partial charge in [-0.25, -0.2) is 8.51 Å². The zero-order chi connectivity index (χ0) is 31.2. The van der Waals surface area contributed by atoms with Gasteiger partial charge >= 0.3 is 0 Å². The van der Waals surface area contributed by atoms with E-state index in [2.05, 4.69) is 38.3 Å². The molecule has 44 heavy (non-hydrogen) atoms. The van der Waals surface area contributed by atoms with Gasteiger partial charge in [0, 0.05) is 68.8 Å². The highest BCUT2D eigenvalue weighted by atomic mass is 32.2. The van der Waals surface area contributed by atoms with E-state index >= 15 is 0 Å². The number of fused-ring (bicyclic) bond motifs is 4. The lowest BCUT2D eigenvalue weighted by molar-refractivity contribution is -0.134. The molecule has 9 nitrogen and oxygen atoms in total. The van der Waals surface area contributed by atoms with Crippen LogP contribution in [0.3, 0.4) is 0 Å². The number of ether oxygens (including phenoxy) is 1. The number of hydrogen-bond donors (Lipinski definition) is 1. The molecule has 0 saturated heterocycles. The Kier molecular flexibility index (Phi) is 8.52. The number of benzene rings is 2. The average molecular weight is 620 g/mol. The van der Waals surface area contributed by atoms with Crippen LogP contribution in [0.15, 0.2) is 36.4 Å². The SMILES string of the molecule is C=S1(=O)NC(=O)c2ccc3c(C4CCCCC4)c4n(c3c2)CC(Cc2cc(OC)ccc2-4)C(=O)N(C)CCN(C)CCN1C. The van der Waals surface area contributed by atoms with E-state index in [-0.39, 0.29) is 11.8 Å². The van der Waals surface area contributed by atoms with Gasteiger partial charge in [0.2, 0.25) is 5.91 Å². The lowest BCUT2D eigenvalue weighted by Crippen LogP contribution is -2.45. The molecule has 3 heterocycles. The molecule has 2 aromatic carbocycles. The molecule has 2 amide bonds. The van der Waals surface area contributed by atoms with E-state index < -0.39 is 15.8 Å². The number of aromatic nitrogens is 1. The normalized spacial score (nSPS) is 24.7. The summed E-state index contributed by atoms with van der Waals surface area (Å²) < 4.78 is 25.8. The third kappa shape index (κ3) is 5.75. The molecule has 3 aromatic rings. The Morgan fingerprint density at radius 2 is 1.68 bits per heavy atom. The molecule has 1 fully saturated rings. The molecule has 1 saturated carbocycles. The summed E-state index contributed by atoms with van der Waals surface area (Å²) in [4.78, 5) is 31.7. The topological polar surface area (TPSA) is 87.1 Å². The molecule has 4 bridgehead atoms. The third-order valence-electron chi connectivity index (χ3n) is 9.91. The van der Waals surface area contributed by atoms with Gasteiger partial charge in [-0.3, -0.25) is 14.3 Å². The lowest BCUT2D eigenvalue weighted by atomic mass is 9.81. The van der Waals surface area contributed by atoms with Crippen LogP contribution in [0.5, 0.6) is 5.75 Å². The van der Waals surface area contributed by atoms with E-state index in [1.54, 1.807) is 18.5 Å². The lowest BCUT2D eigenvalue weighted by Gasteiger charge is -2.28. The molecular formula is C34H45N5O4S. The van der Waals surface area contributed by atoms with Crippen LogP contribution < -0.4 is 9.46 Å². The van der Waals surface area contributed by atoms with Gasteiger partial charge in [-0.15, -0.1) is 0 Å². The van der Waals surface area contributed by atoms with Gasteiger partial charge in [0.1, 0.15) is 15.6 Å². The molecule has 10 heteroatoms. The van der Waals surface area contributed by atoms with Crippen molar-refractivity contribution in [2.45, 2.75) is 51.0 Å². The van der Waals surface area contributed by atoms with E-state index in [4.69, 9.17) is 4.74 Å². The maximum Gasteiger partial charge on any atom is 0.263 e. The minimum absolute atomic E-state index is 0.109. The number of likely N-dealkylation sites (N-methyl/N-ethyl adjacent to an activating group) is 3. The second-order valence-corrected chi connectivity index (χ2v) is 15.0. The minimum Gasteiger partial charge on any atom is -0.497 e. The van der Waals surface area contributed by atoms with Gasteiger partial charge in [-0.1, -0.05) is 25.3 Å². The number of rotatable bonds is 2. The second-order valence-electron chi connectivity index (χ2n) is 12.9. The van der Waals surface area contributed by atoms with Crippen molar-refractivity contribution in [3.05, 3.63) is 53.1 Å². The van der Waals surface area contributed by atoms with Gasteiger partial charge in [-0.2, -0.15) is 0 Å². The highest BCUT2D eigenvalue weighted by Gasteiger charge is 2.34. The van der Waals surface area contributed by atoms with E-state index in [0.29, 0.717) is 50.6 Å². The van der Waals surface area contributed by atoms with Crippen LogP contribution in [0.25, 0.3) is 22.2 Å². The van der Waals surface area contributed by atoms with Crippen LogP contribution >= 0.6 is 0 Å². The highest BCUT2D eigenvalue weighted by molar-refractivity contribution is 7.96. The first kappa shape index (κ1) is 30.7. The number of amides is 2. The predicted molar refractivity (Wildman–Crippen MR) is 177 cm³/mol. The zero-order valence-electron chi connectivity index (χ0n) is 26.4. The minimum atomic E-state index is -3.05. The van der Waals surface area contributed by atoms with Crippen molar-refractivity contribution in [1.29, 1.82) is 0 Å². The molecule has 2 atom stereocenters. The molecule has 2 unspecified atom stereocenters. The van der Waals surface area contributed by atoms with Crippen molar-refractivity contribution in [1.82, 2.24) is 23.4 Å². The predicted octanol–water partition coefficient (Wildman–Crippen LogP) is 4.15. The third-order valence-corrected chi connectivity index (χ3v) is 11.6. The Bertz CT molecular complexity index is 1690. The van der Waals surface area contributed by atoms with Crippen molar-refractivity contribution >= 4 is 38.5 Å². The van der Waals surface area contributed by atoms with E-state index in [0.717, 1.165) is 46.3 Å². The number of nitrogens with one attached hydrogen (secondary N) is 1. The summed E-state index contributed by atoms with van der Waals surface area (Å²) in [5.74, 6) is 4.47. The molecular weight excluding hydrogens is 574 g/mol. The van der Waals surface area contributed by atoms with Crippen molar-refractivity contribution < 1.29 is 18.5 Å². The Morgan fingerprint density at radius 1 is 0.932 bits per heavy atom. The van der Waals surface area contributed by atoms with Crippen molar-refractivity contribution in [2.24, 2.45) is 5.92 Å². The van der Waals surface area contributed by atoms with Gasteiger partial charge in [0.15, 0.2) is 0 Å². The van der Waals surface area contributed by atoms with Gasteiger partial charge in [0.25, 0.3) is 5.91 Å². The molecule has 0 radical (unpaired) electrons. The Labute approximate surface area is 261 Å². The van der Waals surface area contributed by atoms with E-state index in [1.807, 2.05) is 37.2 Å². The second kappa shape index (κ2) is 12.2. The first-order chi connectivity index (χ1) is 21.1. The highest BCUT2D eigenvalue weighted by Crippen LogP contribution is 2.47. The number of carbonyl (C=O) groups is 2. The van der Waals surface area contributed by atoms with Crippen LogP contribution in [0.1, 0.15) is 59.5 Å². The maximum absolute atomic E-state index is 14.2. The largest absolute Gasteiger partial charge is 0.497 e. The Hall–Kier alpha value is -3.34.